The second-order valence-corrected chi connectivity index (χ2v) is 21.3. The third-order valence-corrected chi connectivity index (χ3v) is 16.5. The van der Waals surface area contributed by atoms with Crippen molar-refractivity contribution >= 4 is 45.8 Å². The van der Waals surface area contributed by atoms with Crippen LogP contribution in [-0.4, -0.2) is 0 Å². The average molecular weight is 683 g/mol. The molecule has 8 saturated carbocycles. The number of rotatable bonds is 7. The summed E-state index contributed by atoms with van der Waals surface area (Å²) < 4.78 is 0. The fourth-order valence-corrected chi connectivity index (χ4v) is 17.5. The maximum Gasteiger partial charge on any atom is -0.00250 e. The van der Waals surface area contributed by atoms with Gasteiger partial charge in [0.1, 0.15) is 0 Å². The molecular formula is C52H58. The second-order valence-electron chi connectivity index (χ2n) is 21.3. The van der Waals surface area contributed by atoms with E-state index in [0.29, 0.717) is 32.5 Å². The zero-order valence-corrected chi connectivity index (χ0v) is 32.4. The van der Waals surface area contributed by atoms with Crippen molar-refractivity contribution in [3.63, 3.8) is 0 Å². The maximum absolute atomic E-state index is 4.26. The lowest BCUT2D eigenvalue weighted by molar-refractivity contribution is -0.275. The van der Waals surface area contributed by atoms with Gasteiger partial charge in [0.15, 0.2) is 0 Å². The van der Waals surface area contributed by atoms with Gasteiger partial charge in [-0.1, -0.05) is 115 Å². The molecule has 8 fully saturated rings. The van der Waals surface area contributed by atoms with Gasteiger partial charge >= 0.3 is 0 Å². The van der Waals surface area contributed by atoms with Gasteiger partial charge in [0, 0.05) is 0 Å². The van der Waals surface area contributed by atoms with E-state index >= 15 is 0 Å². The SMILES string of the molecule is C=Cc1cc(C=C)c2cccc(C34CC5(C)CC(C)(C3)CC(C36CC7(C)CC(C)(CC(c8cccc9c(C=C)cc(C=C)cc89)(C7)C3)C6)(C5)C4)c2c1. The Balaban J connectivity index is 1.19. The summed E-state index contributed by atoms with van der Waals surface area (Å²) in [5.41, 5.74) is 10.6. The summed E-state index contributed by atoms with van der Waals surface area (Å²) in [4.78, 5) is 0. The zero-order valence-electron chi connectivity index (χ0n) is 32.4. The molecule has 0 heterocycles. The summed E-state index contributed by atoms with van der Waals surface area (Å²) in [5, 5.41) is 5.63. The summed E-state index contributed by atoms with van der Waals surface area (Å²) >= 11 is 0. The van der Waals surface area contributed by atoms with Crippen molar-refractivity contribution in [1.82, 2.24) is 0 Å². The molecule has 0 aromatic heterocycles. The highest BCUT2D eigenvalue weighted by Crippen LogP contribution is 2.85. The fourth-order valence-electron chi connectivity index (χ4n) is 17.5. The van der Waals surface area contributed by atoms with E-state index in [1.54, 1.807) is 11.1 Å². The van der Waals surface area contributed by atoms with E-state index in [1.165, 1.54) is 121 Å². The molecule has 4 aromatic rings. The van der Waals surface area contributed by atoms with Crippen molar-refractivity contribution in [3.8, 4) is 0 Å². The lowest BCUT2D eigenvalue weighted by Gasteiger charge is -2.80. The molecule has 0 amide bonds. The quantitative estimate of drug-likeness (QED) is 0.182. The van der Waals surface area contributed by atoms with Gasteiger partial charge in [-0.05, 0) is 200 Å². The summed E-state index contributed by atoms with van der Waals surface area (Å²) in [6.45, 7) is 27.8. The first kappa shape index (κ1) is 33.0. The molecule has 0 spiro atoms. The van der Waals surface area contributed by atoms with Crippen molar-refractivity contribution in [3.05, 3.63) is 120 Å². The van der Waals surface area contributed by atoms with Crippen LogP contribution < -0.4 is 0 Å². The largest absolute Gasteiger partial charge is 0.0985 e. The van der Waals surface area contributed by atoms with Crippen LogP contribution in [0.15, 0.2) is 87.0 Å². The molecule has 4 unspecified atom stereocenters. The third kappa shape index (κ3) is 4.28. The minimum absolute atomic E-state index is 0.186. The molecule has 0 nitrogen and oxygen atoms in total. The van der Waals surface area contributed by atoms with E-state index in [1.807, 2.05) is 12.2 Å². The molecule has 12 rings (SSSR count). The Morgan fingerprint density at radius 1 is 0.404 bits per heavy atom. The van der Waals surface area contributed by atoms with Crippen LogP contribution in [0.1, 0.15) is 138 Å². The molecule has 0 aliphatic heterocycles. The normalized spacial score (nSPS) is 41.1. The molecule has 8 aliphatic carbocycles. The zero-order chi connectivity index (χ0) is 36.2. The minimum Gasteiger partial charge on any atom is -0.0985 e. The first-order valence-corrected chi connectivity index (χ1v) is 20.3. The van der Waals surface area contributed by atoms with Crippen LogP contribution in [0.4, 0.5) is 0 Å². The second kappa shape index (κ2) is 10.1. The molecule has 0 radical (unpaired) electrons. The first-order valence-electron chi connectivity index (χ1n) is 20.3. The van der Waals surface area contributed by atoms with Crippen LogP contribution in [0.2, 0.25) is 0 Å². The molecule has 266 valence electrons. The molecule has 52 heavy (non-hydrogen) atoms. The molecule has 8 bridgehead atoms. The topological polar surface area (TPSA) is 0 Å². The van der Waals surface area contributed by atoms with Gasteiger partial charge < -0.3 is 0 Å². The van der Waals surface area contributed by atoms with Crippen LogP contribution in [0.25, 0.3) is 45.8 Å². The Morgan fingerprint density at radius 3 is 1.10 bits per heavy atom. The molecular weight excluding hydrogens is 625 g/mol. The molecule has 0 N–H and O–H groups in total. The van der Waals surface area contributed by atoms with Crippen LogP contribution in [0, 0.1) is 32.5 Å². The Hall–Kier alpha value is -3.64. The van der Waals surface area contributed by atoms with E-state index in [2.05, 4.69) is 127 Å². The highest BCUT2D eigenvalue weighted by molar-refractivity contribution is 5.96. The summed E-state index contributed by atoms with van der Waals surface area (Å²) in [5.74, 6) is 0. The average Bonchev–Trinajstić information content (AvgIpc) is 3.06. The van der Waals surface area contributed by atoms with Crippen molar-refractivity contribution < 1.29 is 0 Å². The standard InChI is InChI=1S/C52H58/c1-9-35-19-37(11-3)39-15-13-17-43(41(39)21-35)49-25-45(5)23-46(6,26-49)30-51(29-45,33-49)52-31-47(7)24-48(8,32-52)28-50(27-47,34-52)44-18-14-16-40-38(12-4)20-36(10-2)22-42(40)44/h9-22H,1-4,23-34H2,5-8H3. The maximum atomic E-state index is 4.26. The van der Waals surface area contributed by atoms with E-state index in [9.17, 15) is 0 Å². The minimum atomic E-state index is 0.186. The van der Waals surface area contributed by atoms with E-state index in [4.69, 9.17) is 0 Å². The van der Waals surface area contributed by atoms with Crippen LogP contribution in [0.5, 0.6) is 0 Å². The van der Waals surface area contributed by atoms with E-state index in [0.717, 1.165) is 0 Å². The van der Waals surface area contributed by atoms with E-state index < -0.39 is 0 Å². The smallest absolute Gasteiger partial charge is 0.00250 e. The van der Waals surface area contributed by atoms with E-state index in [-0.39, 0.29) is 10.8 Å². The summed E-state index contributed by atoms with van der Waals surface area (Å²) in [6, 6.07) is 24.0. The predicted molar refractivity (Wildman–Crippen MR) is 224 cm³/mol. The van der Waals surface area contributed by atoms with Crippen molar-refractivity contribution in [2.24, 2.45) is 32.5 Å². The van der Waals surface area contributed by atoms with Gasteiger partial charge in [-0.15, -0.1) is 0 Å². The van der Waals surface area contributed by atoms with Crippen LogP contribution >= 0.6 is 0 Å². The number of hydrogen-bond donors (Lipinski definition) is 0. The van der Waals surface area contributed by atoms with Gasteiger partial charge in [0.2, 0.25) is 0 Å². The highest BCUT2D eigenvalue weighted by atomic mass is 14.8. The van der Waals surface area contributed by atoms with Gasteiger partial charge in [-0.25, -0.2) is 0 Å². The molecule has 0 saturated heterocycles. The third-order valence-electron chi connectivity index (χ3n) is 16.5. The molecule has 4 aromatic carbocycles. The predicted octanol–water partition coefficient (Wildman–Crippen LogP) is 14.5. The van der Waals surface area contributed by atoms with Crippen LogP contribution in [0.3, 0.4) is 0 Å². The van der Waals surface area contributed by atoms with Gasteiger partial charge in [0.25, 0.3) is 0 Å². The van der Waals surface area contributed by atoms with Crippen molar-refractivity contribution in [2.45, 2.75) is 116 Å². The Morgan fingerprint density at radius 2 is 0.769 bits per heavy atom. The highest BCUT2D eigenvalue weighted by Gasteiger charge is 2.76. The lowest BCUT2D eigenvalue weighted by atomic mass is 9.24. The molecule has 4 atom stereocenters. The van der Waals surface area contributed by atoms with Crippen LogP contribution in [-0.2, 0) is 10.8 Å². The summed E-state index contributed by atoms with van der Waals surface area (Å²) in [6.07, 6.45) is 24.6. The van der Waals surface area contributed by atoms with Gasteiger partial charge in [-0.2, -0.15) is 0 Å². The molecule has 0 heteroatoms. The number of hydrogen-bond acceptors (Lipinski definition) is 0. The number of fused-ring (bicyclic) bond motifs is 2. The number of benzene rings is 4. The lowest BCUT2D eigenvalue weighted by Crippen LogP contribution is -2.71. The molecule has 8 aliphatic rings. The van der Waals surface area contributed by atoms with Gasteiger partial charge in [-0.3, -0.25) is 0 Å². The Labute approximate surface area is 313 Å². The summed E-state index contributed by atoms with van der Waals surface area (Å²) in [7, 11) is 0. The Kier molecular flexibility index (Phi) is 6.41. The monoisotopic (exact) mass is 682 g/mol. The van der Waals surface area contributed by atoms with Gasteiger partial charge in [0.05, 0.1) is 0 Å². The first-order chi connectivity index (χ1) is 24.7. The van der Waals surface area contributed by atoms with Crippen molar-refractivity contribution in [2.75, 3.05) is 0 Å². The Bertz CT molecular complexity index is 2080. The van der Waals surface area contributed by atoms with Crippen molar-refractivity contribution in [1.29, 1.82) is 0 Å². The fraction of sp³-hybridized carbons (Fsp3) is 0.462.